The molecule has 0 atom stereocenters. The number of halogens is 1. The number of hydrogen-bond acceptors (Lipinski definition) is 4. The predicted octanol–water partition coefficient (Wildman–Crippen LogP) is 0.377. The SMILES string of the molecule is CCCCCCCCCC(=O)[O-].CCCCCCCCCC(=O)[O-].[Br-].[In+3]. The predicted molar refractivity (Wildman–Crippen MR) is 101 cm³/mol. The van der Waals surface area contributed by atoms with E-state index in [9.17, 15) is 19.8 Å². The molecule has 0 amide bonds. The zero-order valence-electron chi connectivity index (χ0n) is 16.9. The van der Waals surface area contributed by atoms with Gasteiger partial charge >= 0.3 is 25.8 Å². The molecule has 152 valence electrons. The summed E-state index contributed by atoms with van der Waals surface area (Å²) in [5.74, 6) is -1.83. The summed E-state index contributed by atoms with van der Waals surface area (Å²) in [5, 5.41) is 20.0. The average molecular weight is 537 g/mol. The van der Waals surface area contributed by atoms with Crippen LogP contribution < -0.4 is 27.2 Å². The minimum absolute atomic E-state index is 0. The molecule has 0 aromatic heterocycles. The van der Waals surface area contributed by atoms with Gasteiger partial charge in [0, 0.05) is 11.9 Å². The number of hydrogen-bond donors (Lipinski definition) is 0. The molecule has 0 aliphatic rings. The van der Waals surface area contributed by atoms with E-state index in [1.807, 2.05) is 0 Å². The van der Waals surface area contributed by atoms with Crippen molar-refractivity contribution in [1.29, 1.82) is 0 Å². The zero-order valence-corrected chi connectivity index (χ0v) is 21.8. The number of carbonyl (C=O) groups excluding carboxylic acids is 2. The Morgan fingerprint density at radius 3 is 1.00 bits per heavy atom. The first-order valence-corrected chi connectivity index (χ1v) is 9.94. The Morgan fingerprint density at radius 2 is 0.769 bits per heavy atom. The van der Waals surface area contributed by atoms with Gasteiger partial charge in [-0.05, 0) is 25.7 Å². The van der Waals surface area contributed by atoms with E-state index in [1.165, 1.54) is 64.2 Å². The molecular weight excluding hydrogens is 499 g/mol. The van der Waals surface area contributed by atoms with Crippen LogP contribution in [0.4, 0.5) is 0 Å². The molecule has 0 aliphatic heterocycles. The molecule has 0 fully saturated rings. The van der Waals surface area contributed by atoms with Crippen molar-refractivity contribution >= 4 is 37.8 Å². The molecule has 0 aliphatic carbocycles. The van der Waals surface area contributed by atoms with Crippen molar-refractivity contribution in [2.75, 3.05) is 0 Å². The largest absolute Gasteiger partial charge is 3.00 e. The summed E-state index contributed by atoms with van der Waals surface area (Å²) in [5.41, 5.74) is 0. The molecule has 6 heteroatoms. The summed E-state index contributed by atoms with van der Waals surface area (Å²) < 4.78 is 0. The first kappa shape index (κ1) is 33.8. The van der Waals surface area contributed by atoms with Gasteiger partial charge in [-0.3, -0.25) is 0 Å². The maximum Gasteiger partial charge on any atom is 3.00 e. The van der Waals surface area contributed by atoms with Crippen molar-refractivity contribution in [3.8, 4) is 0 Å². The van der Waals surface area contributed by atoms with Gasteiger partial charge in [0.1, 0.15) is 0 Å². The normalized spacial score (nSPS) is 9.31. The molecule has 0 rings (SSSR count). The van der Waals surface area contributed by atoms with Crippen LogP contribution in [0.5, 0.6) is 0 Å². The van der Waals surface area contributed by atoms with Crippen LogP contribution >= 0.6 is 0 Å². The summed E-state index contributed by atoms with van der Waals surface area (Å²) in [7, 11) is 0. The minimum atomic E-state index is -0.913. The second-order valence-electron chi connectivity index (χ2n) is 6.49. The Bertz CT molecular complexity index is 261. The van der Waals surface area contributed by atoms with Crippen LogP contribution in [0.25, 0.3) is 0 Å². The van der Waals surface area contributed by atoms with E-state index in [-0.39, 0.29) is 55.7 Å². The van der Waals surface area contributed by atoms with Crippen LogP contribution in [0.3, 0.4) is 0 Å². The summed E-state index contributed by atoms with van der Waals surface area (Å²) >= 11 is 0. The first-order valence-electron chi connectivity index (χ1n) is 9.94. The van der Waals surface area contributed by atoms with Crippen molar-refractivity contribution in [2.24, 2.45) is 0 Å². The second kappa shape index (κ2) is 30.0. The van der Waals surface area contributed by atoms with Crippen LogP contribution in [-0.4, -0.2) is 37.8 Å². The maximum atomic E-state index is 10.0. The third kappa shape index (κ3) is 39.4. The molecule has 0 aromatic carbocycles. The standard InChI is InChI=1S/2C10H20O2.BrH.In/c2*1-2-3-4-5-6-7-8-9-10(11)12;;/h2*2-9H2,1H3,(H,11,12);1H;/q;;;+3/p-3. The molecule has 26 heavy (non-hydrogen) atoms. The van der Waals surface area contributed by atoms with Gasteiger partial charge in [0.05, 0.1) is 0 Å². The third-order valence-corrected chi connectivity index (χ3v) is 3.97. The van der Waals surface area contributed by atoms with Crippen molar-refractivity contribution in [3.05, 3.63) is 0 Å². The Kier molecular flexibility index (Phi) is 39.1. The Morgan fingerprint density at radius 1 is 0.538 bits per heavy atom. The summed E-state index contributed by atoms with van der Waals surface area (Å²) in [6.07, 6.45) is 16.7. The van der Waals surface area contributed by atoms with Crippen molar-refractivity contribution in [2.45, 2.75) is 117 Å². The molecule has 0 saturated heterocycles. The third-order valence-electron chi connectivity index (χ3n) is 3.97. The first-order chi connectivity index (χ1) is 11.5. The molecular formula is C20H38BrInO4. The van der Waals surface area contributed by atoms with E-state index in [0.29, 0.717) is 0 Å². The Balaban J connectivity index is -0.000000173. The van der Waals surface area contributed by atoms with Gasteiger partial charge in [-0.2, -0.15) is 0 Å². The smallest absolute Gasteiger partial charge is 1.00 e. The van der Waals surface area contributed by atoms with E-state index in [4.69, 9.17) is 0 Å². The van der Waals surface area contributed by atoms with Gasteiger partial charge < -0.3 is 36.8 Å². The molecule has 0 unspecified atom stereocenters. The van der Waals surface area contributed by atoms with Crippen LogP contribution in [0.1, 0.15) is 117 Å². The van der Waals surface area contributed by atoms with E-state index < -0.39 is 11.9 Å². The molecule has 0 heterocycles. The molecule has 0 aromatic rings. The molecule has 4 nitrogen and oxygen atoms in total. The molecule has 0 N–H and O–H groups in total. The number of aliphatic carboxylic acids is 2. The van der Waals surface area contributed by atoms with Gasteiger partial charge in [0.25, 0.3) is 0 Å². The van der Waals surface area contributed by atoms with E-state index >= 15 is 0 Å². The fourth-order valence-electron chi connectivity index (χ4n) is 2.45. The number of carbonyl (C=O) groups is 2. The fourth-order valence-corrected chi connectivity index (χ4v) is 2.45. The molecule has 0 bridgehead atoms. The number of rotatable bonds is 16. The van der Waals surface area contributed by atoms with E-state index in [2.05, 4.69) is 13.8 Å². The molecule has 0 radical (unpaired) electrons. The number of unbranched alkanes of at least 4 members (excludes halogenated alkanes) is 12. The van der Waals surface area contributed by atoms with Crippen LogP contribution in [-0.2, 0) is 9.59 Å². The van der Waals surface area contributed by atoms with Gasteiger partial charge in [0.15, 0.2) is 0 Å². The molecule has 0 spiro atoms. The van der Waals surface area contributed by atoms with Gasteiger partial charge in [0.2, 0.25) is 0 Å². The van der Waals surface area contributed by atoms with Crippen molar-refractivity contribution < 1.29 is 36.8 Å². The van der Waals surface area contributed by atoms with Crippen molar-refractivity contribution in [1.82, 2.24) is 0 Å². The molecule has 0 saturated carbocycles. The van der Waals surface area contributed by atoms with Gasteiger partial charge in [-0.1, -0.05) is 90.9 Å². The average Bonchev–Trinajstić information content (AvgIpc) is 2.53. The second-order valence-corrected chi connectivity index (χ2v) is 6.49. The fraction of sp³-hybridized carbons (Fsp3) is 0.900. The topological polar surface area (TPSA) is 80.3 Å². The Hall–Kier alpha value is 0.290. The summed E-state index contributed by atoms with van der Waals surface area (Å²) in [6.45, 7) is 4.38. The van der Waals surface area contributed by atoms with E-state index in [0.717, 1.165) is 25.7 Å². The zero-order chi connectivity index (χ0) is 18.5. The van der Waals surface area contributed by atoms with Crippen molar-refractivity contribution in [3.63, 3.8) is 0 Å². The summed E-state index contributed by atoms with van der Waals surface area (Å²) in [4.78, 5) is 20.0. The minimum Gasteiger partial charge on any atom is -1.00 e. The monoisotopic (exact) mass is 536 g/mol. The van der Waals surface area contributed by atoms with Crippen LogP contribution in [0, 0.1) is 0 Å². The van der Waals surface area contributed by atoms with E-state index in [1.54, 1.807) is 0 Å². The van der Waals surface area contributed by atoms with Gasteiger partial charge in [-0.15, -0.1) is 0 Å². The quantitative estimate of drug-likeness (QED) is 0.267. The number of carboxylic acid groups (broad SMARTS) is 2. The number of carboxylic acids is 2. The summed E-state index contributed by atoms with van der Waals surface area (Å²) in [6, 6.07) is 0. The van der Waals surface area contributed by atoms with Crippen LogP contribution in [0.2, 0.25) is 0 Å². The maximum absolute atomic E-state index is 10.0. The van der Waals surface area contributed by atoms with Gasteiger partial charge in [-0.25, -0.2) is 0 Å². The Labute approximate surface area is 190 Å². The van der Waals surface area contributed by atoms with Crippen LogP contribution in [0.15, 0.2) is 0 Å².